The molecule has 2 aromatic heterocycles. The van der Waals surface area contributed by atoms with Gasteiger partial charge in [-0.1, -0.05) is 12.1 Å². The summed E-state index contributed by atoms with van der Waals surface area (Å²) in [5.74, 6) is 0.0220. The number of sulfonamides is 1. The molecule has 12 heteroatoms. The number of nitro groups is 1. The average molecular weight is 529 g/mol. The summed E-state index contributed by atoms with van der Waals surface area (Å²) in [5, 5.41) is 10.8. The van der Waals surface area contributed by atoms with Gasteiger partial charge in [0, 0.05) is 59.0 Å². The third-order valence-electron chi connectivity index (χ3n) is 5.56. The van der Waals surface area contributed by atoms with Crippen molar-refractivity contribution in [3.8, 4) is 20.9 Å². The van der Waals surface area contributed by atoms with Crippen LogP contribution in [0, 0.1) is 10.1 Å². The molecule has 1 amide bonds. The number of amides is 1. The first-order chi connectivity index (χ1) is 16.7. The molecule has 2 aromatic carbocycles. The van der Waals surface area contributed by atoms with Crippen molar-refractivity contribution in [2.75, 3.05) is 7.05 Å². The monoisotopic (exact) mass is 528 g/mol. The minimum Gasteiger partial charge on any atom is -0.571 e. The van der Waals surface area contributed by atoms with Crippen molar-refractivity contribution in [2.45, 2.75) is 11.4 Å². The zero-order valence-electron chi connectivity index (χ0n) is 19.3. The molecule has 1 aliphatic heterocycles. The van der Waals surface area contributed by atoms with Gasteiger partial charge >= 0.3 is 29.6 Å². The molecule has 0 N–H and O–H groups in total. The van der Waals surface area contributed by atoms with Crippen LogP contribution in [0.25, 0.3) is 25.6 Å². The number of hydrogen-bond donors (Lipinski definition) is 0. The second-order valence-electron chi connectivity index (χ2n) is 7.95. The van der Waals surface area contributed by atoms with Gasteiger partial charge in [0.2, 0.25) is 0 Å². The molecular weight excluding hydrogens is 511 g/mol. The van der Waals surface area contributed by atoms with E-state index in [1.807, 2.05) is 30.3 Å². The molecule has 0 saturated carbocycles. The standard InChI is InChI=1S/C24H17N4O5S2.Na/c1-27-14-17-10-15(2-7-21(17)24(27)29)22-8-9-23(34-22)16-11-18(13-25-12-16)26-35(32,33)20-5-3-19(4-6-20)28(30)31;/h2-13H,14H2,1H3;/q-1;+1. The molecule has 0 saturated heterocycles. The first-order valence-corrected chi connectivity index (χ1v) is 12.6. The van der Waals surface area contributed by atoms with E-state index in [1.54, 1.807) is 24.2 Å². The zero-order chi connectivity index (χ0) is 24.7. The summed E-state index contributed by atoms with van der Waals surface area (Å²) in [7, 11) is -2.30. The number of fused-ring (bicyclic) bond motifs is 1. The Bertz CT molecular complexity index is 1590. The molecule has 36 heavy (non-hydrogen) atoms. The van der Waals surface area contributed by atoms with E-state index in [2.05, 4.69) is 9.71 Å². The summed E-state index contributed by atoms with van der Waals surface area (Å²) in [5.41, 5.74) is 3.36. The van der Waals surface area contributed by atoms with E-state index in [1.165, 1.54) is 17.5 Å². The second kappa shape index (κ2) is 10.1. The molecule has 0 bridgehead atoms. The Hall–Kier alpha value is -3.09. The number of aromatic nitrogens is 1. The number of nitro benzene ring substituents is 1. The van der Waals surface area contributed by atoms with Gasteiger partial charge < -0.3 is 9.62 Å². The Balaban J connectivity index is 0.00000304. The molecule has 0 spiro atoms. The van der Waals surface area contributed by atoms with Gasteiger partial charge in [0.25, 0.3) is 11.6 Å². The average Bonchev–Trinajstić information content (AvgIpc) is 3.44. The van der Waals surface area contributed by atoms with Crippen LogP contribution in [0.1, 0.15) is 15.9 Å². The third kappa shape index (κ3) is 5.06. The maximum Gasteiger partial charge on any atom is 1.00 e. The Morgan fingerprint density at radius 3 is 2.39 bits per heavy atom. The van der Waals surface area contributed by atoms with Gasteiger partial charge in [-0.05, 0) is 47.5 Å². The number of nitrogens with zero attached hydrogens (tertiary/aromatic N) is 4. The largest absolute Gasteiger partial charge is 1.00 e. The van der Waals surface area contributed by atoms with E-state index >= 15 is 0 Å². The number of carbonyl (C=O) groups is 1. The van der Waals surface area contributed by atoms with Crippen molar-refractivity contribution in [1.82, 2.24) is 9.88 Å². The first-order valence-electron chi connectivity index (χ1n) is 10.4. The third-order valence-corrected chi connectivity index (χ3v) is 8.06. The van der Waals surface area contributed by atoms with Gasteiger partial charge in [-0.25, -0.2) is 8.42 Å². The topological polar surface area (TPSA) is 125 Å². The Kier molecular flexibility index (Phi) is 7.30. The Morgan fingerprint density at radius 2 is 1.69 bits per heavy atom. The number of thiophene rings is 1. The first kappa shape index (κ1) is 26.0. The minimum absolute atomic E-state index is 0. The van der Waals surface area contributed by atoms with Crippen LogP contribution in [0.2, 0.25) is 0 Å². The van der Waals surface area contributed by atoms with Gasteiger partial charge in [0.15, 0.2) is 0 Å². The number of rotatable bonds is 6. The van der Waals surface area contributed by atoms with Crippen molar-refractivity contribution in [2.24, 2.45) is 0 Å². The van der Waals surface area contributed by atoms with E-state index in [0.29, 0.717) is 12.1 Å². The van der Waals surface area contributed by atoms with Gasteiger partial charge in [-0.3, -0.25) is 19.9 Å². The summed E-state index contributed by atoms with van der Waals surface area (Å²) in [6.07, 6.45) is 2.97. The summed E-state index contributed by atoms with van der Waals surface area (Å²) < 4.78 is 29.2. The van der Waals surface area contributed by atoms with Crippen LogP contribution in [0.4, 0.5) is 11.4 Å². The number of hydrogen-bond acceptors (Lipinski definition) is 7. The second-order valence-corrected chi connectivity index (χ2v) is 10.6. The molecule has 0 radical (unpaired) electrons. The molecule has 176 valence electrons. The van der Waals surface area contributed by atoms with E-state index in [0.717, 1.165) is 50.7 Å². The molecule has 3 heterocycles. The molecule has 9 nitrogen and oxygen atoms in total. The number of pyridine rings is 1. The van der Waals surface area contributed by atoms with Crippen LogP contribution in [-0.2, 0) is 16.6 Å². The van der Waals surface area contributed by atoms with Crippen molar-refractivity contribution >= 4 is 38.6 Å². The molecule has 4 aromatic rings. The van der Waals surface area contributed by atoms with Crippen LogP contribution in [0.5, 0.6) is 0 Å². The molecule has 0 fully saturated rings. The minimum atomic E-state index is -4.07. The normalized spacial score (nSPS) is 12.7. The van der Waals surface area contributed by atoms with Gasteiger partial charge in [-0.15, -0.1) is 17.0 Å². The van der Waals surface area contributed by atoms with Crippen molar-refractivity contribution in [3.63, 3.8) is 0 Å². The van der Waals surface area contributed by atoms with Crippen LogP contribution in [0.15, 0.2) is 78.0 Å². The van der Waals surface area contributed by atoms with Gasteiger partial charge in [0.05, 0.1) is 9.82 Å². The molecule has 0 unspecified atom stereocenters. The fraction of sp³-hybridized carbons (Fsp3) is 0.0833. The maximum absolute atomic E-state index is 12.7. The summed E-state index contributed by atoms with van der Waals surface area (Å²) in [6.45, 7) is 0.580. The molecule has 1 aliphatic rings. The SMILES string of the molecule is CN1Cc2cc(-c3ccc(-c4cncc([N-]S(=O)(=O)c5ccc([N+](=O)[O-])cc5)c4)s3)ccc2C1=O.[Na+]. The number of benzene rings is 2. The molecule has 0 aliphatic carbocycles. The smallest absolute Gasteiger partial charge is 0.571 e. The van der Waals surface area contributed by atoms with Gasteiger partial charge in [-0.2, -0.15) is 0 Å². The van der Waals surface area contributed by atoms with Gasteiger partial charge in [0.1, 0.15) is 10.0 Å². The van der Waals surface area contributed by atoms with Crippen LogP contribution >= 0.6 is 11.3 Å². The number of carbonyl (C=O) groups excluding carboxylic acids is 1. The van der Waals surface area contributed by atoms with Crippen LogP contribution in [-0.4, -0.2) is 36.2 Å². The van der Waals surface area contributed by atoms with Crippen molar-refractivity contribution in [3.05, 3.63) is 99.0 Å². The van der Waals surface area contributed by atoms with Crippen LogP contribution in [0.3, 0.4) is 0 Å². The van der Waals surface area contributed by atoms with Crippen LogP contribution < -0.4 is 29.6 Å². The van der Waals surface area contributed by atoms with Crippen molar-refractivity contribution < 1.29 is 47.7 Å². The summed E-state index contributed by atoms with van der Waals surface area (Å²) in [6, 6.07) is 15.9. The van der Waals surface area contributed by atoms with Crippen molar-refractivity contribution in [1.29, 1.82) is 0 Å². The summed E-state index contributed by atoms with van der Waals surface area (Å²) in [4.78, 5) is 29.9. The fourth-order valence-electron chi connectivity index (χ4n) is 3.81. The Morgan fingerprint density at radius 1 is 1.00 bits per heavy atom. The maximum atomic E-state index is 12.7. The van der Waals surface area contributed by atoms with E-state index in [4.69, 9.17) is 0 Å². The quantitative estimate of drug-likeness (QED) is 0.215. The predicted molar refractivity (Wildman–Crippen MR) is 132 cm³/mol. The predicted octanol–water partition coefficient (Wildman–Crippen LogP) is 2.37. The Labute approximate surface area is 233 Å². The molecule has 5 rings (SSSR count). The number of non-ortho nitro benzene ring substituents is 1. The fourth-order valence-corrected chi connectivity index (χ4v) is 5.76. The van der Waals surface area contributed by atoms with E-state index < -0.39 is 14.9 Å². The molecule has 0 atom stereocenters. The summed E-state index contributed by atoms with van der Waals surface area (Å²) >= 11 is 1.52. The van der Waals surface area contributed by atoms with E-state index in [9.17, 15) is 23.3 Å². The van der Waals surface area contributed by atoms with E-state index in [-0.39, 0.29) is 51.7 Å². The zero-order valence-corrected chi connectivity index (χ0v) is 22.9. The molecular formula is C24H17N4NaO5S2.